The Balaban J connectivity index is 1.94. The second-order valence-electron chi connectivity index (χ2n) is 4.57. The Morgan fingerprint density at radius 2 is 1.89 bits per heavy atom. The average molecular weight is 258 g/mol. The van der Waals surface area contributed by atoms with Crippen LogP contribution in [0.1, 0.15) is 24.8 Å². The van der Waals surface area contributed by atoms with Crippen molar-refractivity contribution in [3.63, 3.8) is 0 Å². The lowest BCUT2D eigenvalue weighted by atomic mass is 10.0. The van der Waals surface area contributed by atoms with Crippen LogP contribution >= 0.6 is 0 Å². The number of alkyl halides is 3. The molecule has 5 heteroatoms. The molecule has 0 saturated carbocycles. The number of hydrazine groups is 1. The quantitative estimate of drug-likeness (QED) is 0.896. The Morgan fingerprint density at radius 1 is 1.17 bits per heavy atom. The van der Waals surface area contributed by atoms with Crippen LogP contribution in [0.4, 0.5) is 13.2 Å². The van der Waals surface area contributed by atoms with Gasteiger partial charge in [-0.1, -0.05) is 36.8 Å². The molecule has 1 N–H and O–H groups in total. The number of nitrogens with one attached hydrogen (secondary N) is 1. The third kappa shape index (κ3) is 3.46. The minimum absolute atomic E-state index is 0.186. The normalized spacial score (nSPS) is 22.1. The Labute approximate surface area is 105 Å². The summed E-state index contributed by atoms with van der Waals surface area (Å²) in [5, 5.41) is 1.34. The summed E-state index contributed by atoms with van der Waals surface area (Å²) in [7, 11) is 0. The average Bonchev–Trinajstić information content (AvgIpc) is 2.37. The zero-order valence-electron chi connectivity index (χ0n) is 10.1. The van der Waals surface area contributed by atoms with Crippen LogP contribution in [0.25, 0.3) is 0 Å². The van der Waals surface area contributed by atoms with Crippen molar-refractivity contribution in [3.05, 3.63) is 35.9 Å². The van der Waals surface area contributed by atoms with E-state index in [1.54, 1.807) is 0 Å². The molecule has 1 aliphatic rings. The molecule has 2 rings (SSSR count). The smallest absolute Gasteiger partial charge is 0.250 e. The van der Waals surface area contributed by atoms with Gasteiger partial charge in [0.1, 0.15) is 6.04 Å². The van der Waals surface area contributed by atoms with Gasteiger partial charge < -0.3 is 0 Å². The monoisotopic (exact) mass is 258 g/mol. The first-order valence-corrected chi connectivity index (χ1v) is 6.18. The van der Waals surface area contributed by atoms with Crippen molar-refractivity contribution < 1.29 is 13.2 Å². The number of halogens is 3. The van der Waals surface area contributed by atoms with E-state index in [2.05, 4.69) is 5.43 Å². The second-order valence-corrected chi connectivity index (χ2v) is 4.57. The van der Waals surface area contributed by atoms with E-state index in [9.17, 15) is 13.2 Å². The maximum absolute atomic E-state index is 12.8. The summed E-state index contributed by atoms with van der Waals surface area (Å²) in [4.78, 5) is 0. The van der Waals surface area contributed by atoms with Gasteiger partial charge in [-0.3, -0.25) is 5.43 Å². The standard InChI is InChI=1S/C13H17F3N2/c14-13(15,16)12-8-4-5-9-18(12)17-10-11-6-2-1-3-7-11/h1-3,6-7,12,17H,4-5,8-10H2. The van der Waals surface area contributed by atoms with Gasteiger partial charge in [-0.05, 0) is 18.4 Å². The van der Waals surface area contributed by atoms with Crippen LogP contribution in [-0.4, -0.2) is 23.8 Å². The van der Waals surface area contributed by atoms with Crippen molar-refractivity contribution in [1.29, 1.82) is 0 Å². The summed E-state index contributed by atoms with van der Waals surface area (Å²) in [5.74, 6) is 0. The van der Waals surface area contributed by atoms with E-state index in [0.29, 0.717) is 19.5 Å². The molecule has 0 aromatic heterocycles. The molecule has 1 saturated heterocycles. The predicted octanol–water partition coefficient (Wildman–Crippen LogP) is 3.11. The molecule has 100 valence electrons. The van der Waals surface area contributed by atoms with Crippen molar-refractivity contribution in [1.82, 2.24) is 10.4 Å². The molecule has 1 fully saturated rings. The van der Waals surface area contributed by atoms with Gasteiger partial charge in [-0.15, -0.1) is 0 Å². The fourth-order valence-electron chi connectivity index (χ4n) is 2.25. The number of piperidine rings is 1. The summed E-state index contributed by atoms with van der Waals surface area (Å²) in [6.45, 7) is 0.893. The molecule has 2 nitrogen and oxygen atoms in total. The van der Waals surface area contributed by atoms with Gasteiger partial charge in [0.2, 0.25) is 0 Å². The van der Waals surface area contributed by atoms with Crippen molar-refractivity contribution >= 4 is 0 Å². The molecule has 0 aliphatic carbocycles. The molecular weight excluding hydrogens is 241 g/mol. The number of nitrogens with zero attached hydrogens (tertiary/aromatic N) is 1. The van der Waals surface area contributed by atoms with Gasteiger partial charge >= 0.3 is 6.18 Å². The van der Waals surface area contributed by atoms with Gasteiger partial charge in [0, 0.05) is 13.1 Å². The van der Waals surface area contributed by atoms with Gasteiger partial charge in [0.25, 0.3) is 0 Å². The van der Waals surface area contributed by atoms with E-state index in [4.69, 9.17) is 0 Å². The summed E-state index contributed by atoms with van der Waals surface area (Å²) >= 11 is 0. The Bertz CT molecular complexity index is 364. The van der Waals surface area contributed by atoms with Gasteiger partial charge in [-0.25, -0.2) is 5.01 Å². The van der Waals surface area contributed by atoms with Crippen molar-refractivity contribution in [2.75, 3.05) is 6.54 Å². The molecular formula is C13H17F3N2. The summed E-state index contributed by atoms with van der Waals surface area (Å²) < 4.78 is 38.5. The number of benzene rings is 1. The maximum atomic E-state index is 12.8. The molecule has 0 spiro atoms. The summed E-state index contributed by atoms with van der Waals surface area (Å²) in [5.41, 5.74) is 3.90. The Morgan fingerprint density at radius 3 is 2.56 bits per heavy atom. The minimum atomic E-state index is -4.15. The molecule has 1 heterocycles. The van der Waals surface area contributed by atoms with E-state index in [0.717, 1.165) is 12.0 Å². The van der Waals surface area contributed by atoms with Crippen LogP contribution in [0.15, 0.2) is 30.3 Å². The fourth-order valence-corrected chi connectivity index (χ4v) is 2.25. The lowest BCUT2D eigenvalue weighted by molar-refractivity contribution is -0.200. The van der Waals surface area contributed by atoms with Crippen LogP contribution in [0.2, 0.25) is 0 Å². The van der Waals surface area contributed by atoms with Crippen LogP contribution in [0.3, 0.4) is 0 Å². The zero-order valence-corrected chi connectivity index (χ0v) is 10.1. The third-order valence-corrected chi connectivity index (χ3v) is 3.21. The van der Waals surface area contributed by atoms with Crippen LogP contribution < -0.4 is 5.43 Å². The Hall–Kier alpha value is -1.07. The molecule has 1 aliphatic heterocycles. The lowest BCUT2D eigenvalue weighted by Crippen LogP contribution is -2.54. The van der Waals surface area contributed by atoms with Gasteiger partial charge in [0.05, 0.1) is 0 Å². The summed E-state index contributed by atoms with van der Waals surface area (Å²) in [6, 6.07) is 8.11. The largest absolute Gasteiger partial charge is 0.405 e. The highest BCUT2D eigenvalue weighted by atomic mass is 19.4. The van der Waals surface area contributed by atoms with Gasteiger partial charge in [0.15, 0.2) is 0 Å². The third-order valence-electron chi connectivity index (χ3n) is 3.21. The first-order valence-electron chi connectivity index (χ1n) is 6.18. The molecule has 1 aromatic carbocycles. The van der Waals surface area contributed by atoms with E-state index < -0.39 is 12.2 Å². The van der Waals surface area contributed by atoms with Crippen LogP contribution in [0, 0.1) is 0 Å². The van der Waals surface area contributed by atoms with Gasteiger partial charge in [-0.2, -0.15) is 13.2 Å². The lowest BCUT2D eigenvalue weighted by Gasteiger charge is -2.36. The minimum Gasteiger partial charge on any atom is -0.250 e. The number of hydrogen-bond donors (Lipinski definition) is 1. The molecule has 1 unspecified atom stereocenters. The highest BCUT2D eigenvalue weighted by Crippen LogP contribution is 2.30. The van der Waals surface area contributed by atoms with E-state index in [1.807, 2.05) is 30.3 Å². The van der Waals surface area contributed by atoms with Crippen LogP contribution in [-0.2, 0) is 6.54 Å². The number of hydrogen-bond acceptors (Lipinski definition) is 2. The zero-order chi connectivity index (χ0) is 13.0. The van der Waals surface area contributed by atoms with Crippen molar-refractivity contribution in [2.24, 2.45) is 0 Å². The number of rotatable bonds is 3. The molecule has 1 aromatic rings. The summed E-state index contributed by atoms with van der Waals surface area (Å²) in [6.07, 6.45) is -2.50. The van der Waals surface area contributed by atoms with E-state index in [1.165, 1.54) is 5.01 Å². The molecule has 0 amide bonds. The maximum Gasteiger partial charge on any atom is 0.405 e. The first kappa shape index (κ1) is 13.4. The molecule has 0 radical (unpaired) electrons. The second kappa shape index (κ2) is 5.71. The molecule has 0 bridgehead atoms. The predicted molar refractivity (Wildman–Crippen MR) is 63.7 cm³/mol. The topological polar surface area (TPSA) is 15.3 Å². The van der Waals surface area contributed by atoms with Crippen LogP contribution in [0.5, 0.6) is 0 Å². The highest BCUT2D eigenvalue weighted by Gasteiger charge is 2.44. The Kier molecular flexibility index (Phi) is 4.24. The highest BCUT2D eigenvalue weighted by molar-refractivity contribution is 5.14. The first-order chi connectivity index (χ1) is 8.57. The van der Waals surface area contributed by atoms with Crippen molar-refractivity contribution in [2.45, 2.75) is 38.0 Å². The fraction of sp³-hybridized carbons (Fsp3) is 0.538. The SMILES string of the molecule is FC(F)(F)C1CCCCN1NCc1ccccc1. The van der Waals surface area contributed by atoms with E-state index in [-0.39, 0.29) is 6.42 Å². The van der Waals surface area contributed by atoms with E-state index >= 15 is 0 Å². The molecule has 1 atom stereocenters. The molecule has 18 heavy (non-hydrogen) atoms. The van der Waals surface area contributed by atoms with Crippen molar-refractivity contribution in [3.8, 4) is 0 Å².